The molecule has 1 atom stereocenters. The van der Waals surface area contributed by atoms with Crippen LogP contribution in [0.2, 0.25) is 0 Å². The molecule has 1 amide bonds. The number of phenolic OH excluding ortho intramolecular Hbond substituents is 1. The van der Waals surface area contributed by atoms with E-state index in [9.17, 15) is 14.7 Å². The van der Waals surface area contributed by atoms with Crippen molar-refractivity contribution in [3.8, 4) is 5.75 Å². The highest BCUT2D eigenvalue weighted by molar-refractivity contribution is 5.83. The predicted octanol–water partition coefficient (Wildman–Crippen LogP) is 2.39. The molecule has 0 radical (unpaired) electrons. The molecule has 2 heterocycles. The molecule has 0 aliphatic carbocycles. The summed E-state index contributed by atoms with van der Waals surface area (Å²) in [6.07, 6.45) is 0.557. The molecule has 0 fully saturated rings. The van der Waals surface area contributed by atoms with Crippen LogP contribution in [-0.4, -0.2) is 25.8 Å². The lowest BCUT2D eigenvalue weighted by Crippen LogP contribution is -2.27. The number of fused-ring (bicyclic) bond motifs is 1. The molecule has 0 aliphatic rings. The first-order valence-corrected chi connectivity index (χ1v) is 8.91. The molecule has 2 aromatic heterocycles. The zero-order valence-electron chi connectivity index (χ0n) is 16.0. The smallest absolute Gasteiger partial charge is 0.253 e. The minimum absolute atomic E-state index is 0.146. The summed E-state index contributed by atoms with van der Waals surface area (Å²) in [4.78, 5) is 27.7. The first-order chi connectivity index (χ1) is 12.8. The number of amides is 1. The van der Waals surface area contributed by atoms with E-state index in [1.54, 1.807) is 29.9 Å². The number of aryl methyl sites for hydroxylation is 3. The van der Waals surface area contributed by atoms with Crippen molar-refractivity contribution >= 4 is 16.9 Å². The number of hydrogen-bond acceptors (Lipinski definition) is 4. The van der Waals surface area contributed by atoms with Crippen molar-refractivity contribution < 1.29 is 9.90 Å². The number of nitrogens with zero attached hydrogens (tertiary/aromatic N) is 2. The molecule has 1 aromatic carbocycles. The summed E-state index contributed by atoms with van der Waals surface area (Å²) in [6, 6.07) is 6.56. The second kappa shape index (κ2) is 7.26. The lowest BCUT2D eigenvalue weighted by atomic mass is 10.0. The van der Waals surface area contributed by atoms with Gasteiger partial charge in [0.25, 0.3) is 5.56 Å². The number of aromatic amines is 1. The molecule has 7 nitrogen and oxygen atoms in total. The Labute approximate surface area is 157 Å². The Balaban J connectivity index is 1.74. The van der Waals surface area contributed by atoms with E-state index in [0.29, 0.717) is 17.6 Å². The zero-order chi connectivity index (χ0) is 19.7. The van der Waals surface area contributed by atoms with Crippen molar-refractivity contribution in [2.75, 3.05) is 0 Å². The molecular formula is C20H24N4O3. The van der Waals surface area contributed by atoms with Gasteiger partial charge in [0.05, 0.1) is 11.7 Å². The number of nitrogens with one attached hydrogen (secondary N) is 2. The van der Waals surface area contributed by atoms with Crippen LogP contribution in [0.1, 0.15) is 41.8 Å². The molecule has 27 heavy (non-hydrogen) atoms. The van der Waals surface area contributed by atoms with Gasteiger partial charge in [0, 0.05) is 24.4 Å². The number of benzene rings is 1. The molecule has 1 unspecified atom stereocenters. The molecule has 3 N–H and O–H groups in total. The van der Waals surface area contributed by atoms with Gasteiger partial charge in [0.15, 0.2) is 0 Å². The minimum atomic E-state index is -0.230. The van der Waals surface area contributed by atoms with Crippen LogP contribution < -0.4 is 10.9 Å². The van der Waals surface area contributed by atoms with Gasteiger partial charge < -0.3 is 15.4 Å². The van der Waals surface area contributed by atoms with Crippen LogP contribution in [0.25, 0.3) is 11.0 Å². The first kappa shape index (κ1) is 18.7. The number of pyridine rings is 1. The molecule has 3 aromatic rings. The molecular weight excluding hydrogens is 344 g/mol. The third kappa shape index (κ3) is 3.72. The number of carbonyl (C=O) groups excluding carboxylic acids is 1. The number of carbonyl (C=O) groups is 1. The number of aromatic hydroxyl groups is 1. The van der Waals surface area contributed by atoms with Crippen molar-refractivity contribution in [1.82, 2.24) is 20.1 Å². The topological polar surface area (TPSA) is 100 Å². The Hall–Kier alpha value is -3.09. The van der Waals surface area contributed by atoms with Crippen molar-refractivity contribution in [3.63, 3.8) is 0 Å². The van der Waals surface area contributed by atoms with Crippen molar-refractivity contribution in [2.24, 2.45) is 7.05 Å². The average Bonchev–Trinajstić information content (AvgIpc) is 2.88. The fraction of sp³-hybridized carbons (Fsp3) is 0.350. The number of aromatic nitrogens is 3. The maximum Gasteiger partial charge on any atom is 0.253 e. The highest BCUT2D eigenvalue weighted by Gasteiger charge is 2.16. The Morgan fingerprint density at radius 3 is 2.81 bits per heavy atom. The normalized spacial score (nSPS) is 12.3. The zero-order valence-corrected chi connectivity index (χ0v) is 16.0. The van der Waals surface area contributed by atoms with Gasteiger partial charge in [0.2, 0.25) is 5.91 Å². The van der Waals surface area contributed by atoms with Gasteiger partial charge in [0.1, 0.15) is 11.4 Å². The summed E-state index contributed by atoms with van der Waals surface area (Å²) in [5, 5.41) is 17.8. The lowest BCUT2D eigenvalue weighted by Gasteiger charge is -2.15. The standard InChI is InChI=1S/C20H24N4O3/c1-11-16(20(27)22-19-18(11)13(3)23-24(19)4)8-9-17(26)21-12(2)14-6-5-7-15(25)10-14/h5-7,10,12,25H,8-9H2,1-4H3,(H,21,26)(H,22,27). The third-order valence-corrected chi connectivity index (χ3v) is 4.91. The predicted molar refractivity (Wildman–Crippen MR) is 104 cm³/mol. The lowest BCUT2D eigenvalue weighted by molar-refractivity contribution is -0.121. The van der Waals surface area contributed by atoms with E-state index in [-0.39, 0.29) is 29.7 Å². The molecule has 0 bridgehead atoms. The fourth-order valence-electron chi connectivity index (χ4n) is 3.49. The Morgan fingerprint density at radius 1 is 1.37 bits per heavy atom. The average molecular weight is 368 g/mol. The van der Waals surface area contributed by atoms with Gasteiger partial charge in [-0.15, -0.1) is 0 Å². The summed E-state index contributed by atoms with van der Waals surface area (Å²) < 4.78 is 1.66. The van der Waals surface area contributed by atoms with E-state index in [4.69, 9.17) is 0 Å². The van der Waals surface area contributed by atoms with Crippen LogP contribution in [0, 0.1) is 13.8 Å². The Morgan fingerprint density at radius 2 is 2.11 bits per heavy atom. The molecule has 0 saturated carbocycles. The Bertz CT molecular complexity index is 1070. The second-order valence-electron chi connectivity index (χ2n) is 6.87. The summed E-state index contributed by atoms with van der Waals surface area (Å²) in [6.45, 7) is 5.66. The maximum atomic E-state index is 12.5. The summed E-state index contributed by atoms with van der Waals surface area (Å²) in [5.41, 5.74) is 3.67. The molecule has 0 aliphatic heterocycles. The highest BCUT2D eigenvalue weighted by atomic mass is 16.3. The van der Waals surface area contributed by atoms with Gasteiger partial charge in [-0.1, -0.05) is 12.1 Å². The number of hydrogen-bond donors (Lipinski definition) is 3. The molecule has 142 valence electrons. The number of rotatable bonds is 5. The minimum Gasteiger partial charge on any atom is -0.508 e. The molecule has 0 spiro atoms. The highest BCUT2D eigenvalue weighted by Crippen LogP contribution is 2.21. The van der Waals surface area contributed by atoms with Gasteiger partial charge in [-0.3, -0.25) is 14.3 Å². The first-order valence-electron chi connectivity index (χ1n) is 8.91. The van der Waals surface area contributed by atoms with E-state index < -0.39 is 0 Å². The van der Waals surface area contributed by atoms with Crippen molar-refractivity contribution in [1.29, 1.82) is 0 Å². The molecule has 3 rings (SSSR count). The van der Waals surface area contributed by atoms with E-state index in [2.05, 4.69) is 15.4 Å². The fourth-order valence-corrected chi connectivity index (χ4v) is 3.49. The van der Waals surface area contributed by atoms with Crippen molar-refractivity contribution in [3.05, 3.63) is 57.0 Å². The molecule has 7 heteroatoms. The van der Waals surface area contributed by atoms with E-state index in [1.165, 1.54) is 0 Å². The van der Waals surface area contributed by atoms with Gasteiger partial charge in [-0.05, 0) is 50.5 Å². The van der Waals surface area contributed by atoms with Gasteiger partial charge in [-0.2, -0.15) is 5.10 Å². The van der Waals surface area contributed by atoms with Crippen LogP contribution in [0.3, 0.4) is 0 Å². The monoisotopic (exact) mass is 368 g/mol. The van der Waals surface area contributed by atoms with E-state index in [1.807, 2.05) is 26.8 Å². The summed E-state index contributed by atoms with van der Waals surface area (Å²) in [7, 11) is 1.79. The molecule has 0 saturated heterocycles. The van der Waals surface area contributed by atoms with Gasteiger partial charge >= 0.3 is 0 Å². The largest absolute Gasteiger partial charge is 0.508 e. The number of phenols is 1. The van der Waals surface area contributed by atoms with E-state index >= 15 is 0 Å². The summed E-state index contributed by atoms with van der Waals surface area (Å²) in [5.74, 6) is 0.0172. The van der Waals surface area contributed by atoms with Gasteiger partial charge in [-0.25, -0.2) is 0 Å². The quantitative estimate of drug-likeness (QED) is 0.644. The van der Waals surface area contributed by atoms with Crippen LogP contribution >= 0.6 is 0 Å². The van der Waals surface area contributed by atoms with Crippen molar-refractivity contribution in [2.45, 2.75) is 39.7 Å². The Kier molecular flexibility index (Phi) is 5.03. The van der Waals surface area contributed by atoms with Crippen LogP contribution in [0.5, 0.6) is 5.75 Å². The van der Waals surface area contributed by atoms with Crippen LogP contribution in [-0.2, 0) is 18.3 Å². The number of H-pyrrole nitrogens is 1. The van der Waals surface area contributed by atoms with Crippen LogP contribution in [0.15, 0.2) is 29.1 Å². The van der Waals surface area contributed by atoms with E-state index in [0.717, 1.165) is 22.2 Å². The SMILES string of the molecule is Cc1nn(C)c2[nH]c(=O)c(CCC(=O)NC(C)c3cccc(O)c3)c(C)c12. The third-order valence-electron chi connectivity index (χ3n) is 4.91. The van der Waals surface area contributed by atoms with Crippen LogP contribution in [0.4, 0.5) is 0 Å². The summed E-state index contributed by atoms with van der Waals surface area (Å²) >= 11 is 0. The maximum absolute atomic E-state index is 12.5. The second-order valence-corrected chi connectivity index (χ2v) is 6.87.